The summed E-state index contributed by atoms with van der Waals surface area (Å²) < 4.78 is 0. The van der Waals surface area contributed by atoms with Gasteiger partial charge in [-0.15, -0.1) is 0 Å². The van der Waals surface area contributed by atoms with Crippen LogP contribution in [0.3, 0.4) is 0 Å². The average Bonchev–Trinajstić information content (AvgIpc) is 2.88. The molecule has 0 atom stereocenters. The number of anilines is 1. The summed E-state index contributed by atoms with van der Waals surface area (Å²) in [6.45, 7) is 7.48. The van der Waals surface area contributed by atoms with Crippen molar-refractivity contribution in [2.24, 2.45) is 0 Å². The molecule has 2 amide bonds. The number of nitrogens with one attached hydrogen (secondary N) is 1. The fraction of sp³-hybridized carbons (Fsp3) is 0.643. The quantitative estimate of drug-likeness (QED) is 0.877. The van der Waals surface area contributed by atoms with E-state index in [0.29, 0.717) is 6.04 Å². The van der Waals surface area contributed by atoms with Crippen LogP contribution in [-0.2, 0) is 0 Å². The summed E-state index contributed by atoms with van der Waals surface area (Å²) in [6.07, 6.45) is 3.87. The smallest absolute Gasteiger partial charge is 0.317 e. The Labute approximate surface area is 119 Å². The second-order valence-corrected chi connectivity index (χ2v) is 5.58. The van der Waals surface area contributed by atoms with E-state index in [-0.39, 0.29) is 6.03 Å². The number of hydrogen-bond acceptors (Lipinski definition) is 4. The molecule has 0 radical (unpaired) electrons. The second kappa shape index (κ2) is 5.26. The van der Waals surface area contributed by atoms with Crippen LogP contribution in [0.25, 0.3) is 0 Å². The molecule has 6 nitrogen and oxygen atoms in total. The van der Waals surface area contributed by atoms with Crippen molar-refractivity contribution >= 4 is 12.0 Å². The minimum absolute atomic E-state index is 0.0888. The zero-order chi connectivity index (χ0) is 14.1. The normalized spacial score (nSPS) is 20.4. The third kappa shape index (κ3) is 2.42. The van der Waals surface area contributed by atoms with Crippen molar-refractivity contribution in [3.05, 3.63) is 17.5 Å². The molecule has 1 aromatic rings. The van der Waals surface area contributed by atoms with Gasteiger partial charge in [0.1, 0.15) is 0 Å². The van der Waals surface area contributed by atoms with Gasteiger partial charge in [0.15, 0.2) is 0 Å². The molecule has 20 heavy (non-hydrogen) atoms. The van der Waals surface area contributed by atoms with Gasteiger partial charge in [-0.3, -0.25) is 0 Å². The van der Waals surface area contributed by atoms with Crippen LogP contribution in [0.4, 0.5) is 10.7 Å². The Balaban J connectivity index is 1.63. The van der Waals surface area contributed by atoms with Crippen LogP contribution >= 0.6 is 0 Å². The summed E-state index contributed by atoms with van der Waals surface area (Å²) >= 11 is 0. The van der Waals surface area contributed by atoms with Gasteiger partial charge in [0.05, 0.1) is 0 Å². The number of carbonyl (C=O) groups is 1. The van der Waals surface area contributed by atoms with Crippen LogP contribution in [0, 0.1) is 13.8 Å². The number of aryl methyl sites for hydroxylation is 2. The summed E-state index contributed by atoms with van der Waals surface area (Å²) in [7, 11) is 0. The largest absolute Gasteiger partial charge is 0.341 e. The van der Waals surface area contributed by atoms with Crippen LogP contribution in [0.2, 0.25) is 0 Å². The lowest BCUT2D eigenvalue weighted by molar-refractivity contribution is 0.186. The first kappa shape index (κ1) is 13.1. The van der Waals surface area contributed by atoms with Gasteiger partial charge < -0.3 is 15.1 Å². The summed E-state index contributed by atoms with van der Waals surface area (Å²) in [6, 6.07) is 0.450. The Morgan fingerprint density at radius 1 is 1.25 bits per heavy atom. The summed E-state index contributed by atoms with van der Waals surface area (Å²) in [5.41, 5.74) is 2.16. The predicted octanol–water partition coefficient (Wildman–Crippen LogP) is 1.09. The van der Waals surface area contributed by atoms with Gasteiger partial charge in [-0.05, 0) is 32.3 Å². The van der Waals surface area contributed by atoms with Crippen molar-refractivity contribution in [3.8, 4) is 0 Å². The molecule has 0 spiro atoms. The zero-order valence-electron chi connectivity index (χ0n) is 12.1. The van der Waals surface area contributed by atoms with Crippen LogP contribution in [0.15, 0.2) is 6.20 Å². The van der Waals surface area contributed by atoms with Crippen LogP contribution in [0.5, 0.6) is 0 Å². The second-order valence-electron chi connectivity index (χ2n) is 5.58. The highest BCUT2D eigenvalue weighted by Gasteiger charge is 2.31. The van der Waals surface area contributed by atoms with E-state index in [1.807, 2.05) is 24.9 Å². The van der Waals surface area contributed by atoms with Gasteiger partial charge in [0.2, 0.25) is 5.95 Å². The van der Waals surface area contributed by atoms with Crippen LogP contribution < -0.4 is 10.2 Å². The molecule has 2 fully saturated rings. The van der Waals surface area contributed by atoms with Crippen molar-refractivity contribution in [2.45, 2.75) is 32.7 Å². The van der Waals surface area contributed by atoms with E-state index >= 15 is 0 Å². The summed E-state index contributed by atoms with van der Waals surface area (Å²) in [5.74, 6) is 0.817. The highest BCUT2D eigenvalue weighted by Crippen LogP contribution is 2.21. The molecule has 3 rings (SSSR count). The van der Waals surface area contributed by atoms with Crippen LogP contribution in [-0.4, -0.2) is 53.1 Å². The maximum absolute atomic E-state index is 11.7. The Morgan fingerprint density at radius 2 is 2.00 bits per heavy atom. The van der Waals surface area contributed by atoms with Crippen molar-refractivity contribution < 1.29 is 4.79 Å². The van der Waals surface area contributed by atoms with Crippen molar-refractivity contribution in [1.29, 1.82) is 0 Å². The molecule has 2 saturated heterocycles. The SMILES string of the molecule is Cc1cnc(N2CCC(N3CCNC3=O)CC2)nc1C. The van der Waals surface area contributed by atoms with Crippen molar-refractivity contribution in [3.63, 3.8) is 0 Å². The van der Waals surface area contributed by atoms with Crippen molar-refractivity contribution in [1.82, 2.24) is 20.2 Å². The lowest BCUT2D eigenvalue weighted by Crippen LogP contribution is -2.46. The Hall–Kier alpha value is -1.85. The predicted molar refractivity (Wildman–Crippen MR) is 76.8 cm³/mol. The molecule has 1 aromatic heterocycles. The molecule has 0 saturated carbocycles. The summed E-state index contributed by atoms with van der Waals surface area (Å²) in [5, 5.41) is 2.87. The molecule has 0 aliphatic carbocycles. The molecule has 2 aliphatic rings. The Kier molecular flexibility index (Phi) is 3.46. The lowest BCUT2D eigenvalue weighted by Gasteiger charge is -2.36. The topological polar surface area (TPSA) is 61.4 Å². The highest BCUT2D eigenvalue weighted by molar-refractivity contribution is 5.76. The van der Waals surface area contributed by atoms with Gasteiger partial charge in [0.25, 0.3) is 0 Å². The number of piperidine rings is 1. The van der Waals surface area contributed by atoms with Gasteiger partial charge >= 0.3 is 6.03 Å². The maximum Gasteiger partial charge on any atom is 0.317 e. The first-order chi connectivity index (χ1) is 9.65. The fourth-order valence-electron chi connectivity index (χ4n) is 2.88. The van der Waals surface area contributed by atoms with Crippen molar-refractivity contribution in [2.75, 3.05) is 31.1 Å². The fourth-order valence-corrected chi connectivity index (χ4v) is 2.88. The molecular formula is C14H21N5O. The van der Waals surface area contributed by atoms with E-state index < -0.39 is 0 Å². The number of hydrogen-bond donors (Lipinski definition) is 1. The Bertz CT molecular complexity index is 510. The van der Waals surface area contributed by atoms with Gasteiger partial charge in [-0.25, -0.2) is 14.8 Å². The first-order valence-electron chi connectivity index (χ1n) is 7.25. The number of aromatic nitrogens is 2. The minimum atomic E-state index is 0.0888. The molecular weight excluding hydrogens is 254 g/mol. The van der Waals surface area contributed by atoms with E-state index in [9.17, 15) is 4.79 Å². The van der Waals surface area contributed by atoms with Gasteiger partial charge in [-0.1, -0.05) is 0 Å². The molecule has 6 heteroatoms. The number of amides is 2. The molecule has 2 aliphatic heterocycles. The standard InChI is InChI=1S/C14H21N5O/c1-10-9-16-13(17-11(10)2)18-6-3-12(4-7-18)19-8-5-15-14(19)20/h9,12H,3-8H2,1-2H3,(H,15,20). The maximum atomic E-state index is 11.7. The average molecular weight is 275 g/mol. The highest BCUT2D eigenvalue weighted by atomic mass is 16.2. The number of nitrogens with zero attached hydrogens (tertiary/aromatic N) is 4. The molecule has 0 aromatic carbocycles. The molecule has 0 unspecified atom stereocenters. The van der Waals surface area contributed by atoms with E-state index in [1.54, 1.807) is 0 Å². The molecule has 0 bridgehead atoms. The number of urea groups is 1. The van der Waals surface area contributed by atoms with E-state index in [2.05, 4.69) is 20.2 Å². The third-order valence-electron chi connectivity index (χ3n) is 4.29. The Morgan fingerprint density at radius 3 is 2.60 bits per heavy atom. The van der Waals surface area contributed by atoms with E-state index in [4.69, 9.17) is 0 Å². The molecule has 108 valence electrons. The first-order valence-corrected chi connectivity index (χ1v) is 7.25. The monoisotopic (exact) mass is 275 g/mol. The molecule has 3 heterocycles. The minimum Gasteiger partial charge on any atom is -0.341 e. The van der Waals surface area contributed by atoms with E-state index in [1.165, 1.54) is 0 Å². The van der Waals surface area contributed by atoms with Gasteiger partial charge in [0, 0.05) is 44.1 Å². The van der Waals surface area contributed by atoms with Crippen LogP contribution in [0.1, 0.15) is 24.1 Å². The zero-order valence-corrected chi connectivity index (χ0v) is 12.1. The van der Waals surface area contributed by atoms with Gasteiger partial charge in [-0.2, -0.15) is 0 Å². The number of carbonyl (C=O) groups excluding carboxylic acids is 1. The third-order valence-corrected chi connectivity index (χ3v) is 4.29. The summed E-state index contributed by atoms with van der Waals surface area (Å²) in [4.78, 5) is 24.9. The van der Waals surface area contributed by atoms with E-state index in [0.717, 1.165) is 56.2 Å². The number of rotatable bonds is 2. The lowest BCUT2D eigenvalue weighted by atomic mass is 10.0. The molecule has 1 N–H and O–H groups in total.